The van der Waals surface area contributed by atoms with Gasteiger partial charge in [0.05, 0.1) is 7.11 Å². The zero-order chi connectivity index (χ0) is 18.9. The second kappa shape index (κ2) is 9.55. The van der Waals surface area contributed by atoms with Gasteiger partial charge in [0.1, 0.15) is 11.8 Å². The monoisotopic (exact) mass is 361 g/mol. The summed E-state index contributed by atoms with van der Waals surface area (Å²) in [5.74, 6) is 0.783. The quantitative estimate of drug-likeness (QED) is 0.648. The van der Waals surface area contributed by atoms with E-state index in [0.717, 1.165) is 11.3 Å². The van der Waals surface area contributed by atoms with Crippen LogP contribution in [0.1, 0.15) is 22.7 Å². The maximum atomic E-state index is 12.4. The van der Waals surface area contributed by atoms with E-state index in [1.54, 1.807) is 7.11 Å². The van der Waals surface area contributed by atoms with Gasteiger partial charge in [0.25, 0.3) is 5.91 Å². The third kappa shape index (κ3) is 5.19. The molecule has 0 heterocycles. The van der Waals surface area contributed by atoms with Crippen LogP contribution in [0, 0.1) is 0 Å². The van der Waals surface area contributed by atoms with Gasteiger partial charge in [-0.3, -0.25) is 4.79 Å². The fraction of sp³-hybridized carbons (Fsp3) is 0.174. The Hall–Kier alpha value is -3.11. The van der Waals surface area contributed by atoms with Crippen molar-refractivity contribution < 1.29 is 14.8 Å². The number of quaternary nitrogens is 1. The fourth-order valence-electron chi connectivity index (χ4n) is 3.13. The maximum absolute atomic E-state index is 12.4. The number of carbonyl (C=O) groups excluding carboxylic acids is 1. The van der Waals surface area contributed by atoms with Crippen molar-refractivity contribution >= 4 is 5.91 Å². The van der Waals surface area contributed by atoms with E-state index in [1.807, 2.05) is 60.7 Å². The van der Waals surface area contributed by atoms with Gasteiger partial charge < -0.3 is 15.4 Å². The highest BCUT2D eigenvalue weighted by molar-refractivity contribution is 5.76. The Morgan fingerprint density at radius 2 is 1.44 bits per heavy atom. The first-order valence-electron chi connectivity index (χ1n) is 9.09. The molecule has 0 saturated heterocycles. The standard InChI is InChI=1S/C23H24N2O2/c1-27-21-15-9-8-14-20(21)16-24-22(26)17-25-23(18-10-4-2-5-11-18)19-12-6-3-7-13-19/h2-15,23,25H,16-17H2,1H3,(H,24,26)/p+1. The molecule has 3 aromatic rings. The largest absolute Gasteiger partial charge is 0.496 e. The number of ether oxygens (including phenoxy) is 1. The number of methoxy groups -OCH3 is 1. The Labute approximate surface area is 160 Å². The summed E-state index contributed by atoms with van der Waals surface area (Å²) in [5.41, 5.74) is 3.33. The molecule has 0 aliphatic rings. The molecule has 3 aromatic carbocycles. The summed E-state index contributed by atoms with van der Waals surface area (Å²) < 4.78 is 5.33. The van der Waals surface area contributed by atoms with E-state index in [2.05, 4.69) is 34.9 Å². The molecule has 0 aliphatic heterocycles. The molecule has 0 saturated carbocycles. The van der Waals surface area contributed by atoms with E-state index in [0.29, 0.717) is 13.1 Å². The average Bonchev–Trinajstić information content (AvgIpc) is 2.74. The lowest BCUT2D eigenvalue weighted by Crippen LogP contribution is -2.87. The molecule has 0 unspecified atom stereocenters. The summed E-state index contributed by atoms with van der Waals surface area (Å²) in [7, 11) is 1.64. The molecule has 0 aliphatic carbocycles. The third-order valence-corrected chi connectivity index (χ3v) is 4.52. The Morgan fingerprint density at radius 1 is 0.889 bits per heavy atom. The van der Waals surface area contributed by atoms with Crippen LogP contribution in [-0.4, -0.2) is 19.6 Å². The average molecular weight is 361 g/mol. The van der Waals surface area contributed by atoms with Crippen molar-refractivity contribution in [3.63, 3.8) is 0 Å². The molecule has 0 bridgehead atoms. The van der Waals surface area contributed by atoms with E-state index >= 15 is 0 Å². The number of carbonyl (C=O) groups is 1. The first kappa shape index (κ1) is 18.7. The SMILES string of the molecule is COc1ccccc1CNC(=O)C[NH2+]C(c1ccccc1)c1ccccc1. The highest BCUT2D eigenvalue weighted by Crippen LogP contribution is 2.18. The van der Waals surface area contributed by atoms with Crippen molar-refractivity contribution in [2.24, 2.45) is 0 Å². The topological polar surface area (TPSA) is 54.9 Å². The smallest absolute Gasteiger partial charge is 0.275 e. The number of nitrogens with two attached hydrogens (primary N) is 1. The fourth-order valence-corrected chi connectivity index (χ4v) is 3.13. The number of para-hydroxylation sites is 1. The molecule has 0 aromatic heterocycles. The Morgan fingerprint density at radius 3 is 2.04 bits per heavy atom. The minimum atomic E-state index is -0.00207. The molecule has 138 valence electrons. The van der Waals surface area contributed by atoms with Crippen molar-refractivity contribution in [1.29, 1.82) is 0 Å². The van der Waals surface area contributed by atoms with Gasteiger partial charge in [0, 0.05) is 23.2 Å². The zero-order valence-electron chi connectivity index (χ0n) is 15.5. The highest BCUT2D eigenvalue weighted by atomic mass is 16.5. The molecule has 0 spiro atoms. The Bertz CT molecular complexity index is 811. The first-order valence-corrected chi connectivity index (χ1v) is 9.09. The molecule has 27 heavy (non-hydrogen) atoms. The minimum Gasteiger partial charge on any atom is -0.496 e. The van der Waals surface area contributed by atoms with Crippen LogP contribution >= 0.6 is 0 Å². The van der Waals surface area contributed by atoms with Crippen LogP contribution in [0.4, 0.5) is 0 Å². The van der Waals surface area contributed by atoms with Crippen LogP contribution in [0.3, 0.4) is 0 Å². The highest BCUT2D eigenvalue weighted by Gasteiger charge is 2.18. The molecule has 3 rings (SSSR count). The van der Waals surface area contributed by atoms with Crippen molar-refractivity contribution in [3.8, 4) is 5.75 Å². The summed E-state index contributed by atoms with van der Waals surface area (Å²) in [4.78, 5) is 12.4. The molecule has 0 radical (unpaired) electrons. The summed E-state index contributed by atoms with van der Waals surface area (Å²) in [6.45, 7) is 0.807. The lowest BCUT2D eigenvalue weighted by atomic mass is 9.99. The van der Waals surface area contributed by atoms with E-state index in [4.69, 9.17) is 4.74 Å². The van der Waals surface area contributed by atoms with E-state index in [-0.39, 0.29) is 11.9 Å². The van der Waals surface area contributed by atoms with E-state index in [1.165, 1.54) is 11.1 Å². The lowest BCUT2D eigenvalue weighted by Gasteiger charge is -2.16. The maximum Gasteiger partial charge on any atom is 0.275 e. The van der Waals surface area contributed by atoms with Crippen LogP contribution in [0.15, 0.2) is 84.9 Å². The van der Waals surface area contributed by atoms with Gasteiger partial charge in [0.2, 0.25) is 0 Å². The molecular formula is C23H25N2O2+. The number of amides is 1. The summed E-state index contributed by atoms with van der Waals surface area (Å²) >= 11 is 0. The normalized spacial score (nSPS) is 10.6. The van der Waals surface area contributed by atoms with Gasteiger partial charge in [-0.15, -0.1) is 0 Å². The molecular weight excluding hydrogens is 336 g/mol. The number of nitrogens with one attached hydrogen (secondary N) is 1. The van der Waals surface area contributed by atoms with Crippen LogP contribution in [0.5, 0.6) is 5.75 Å². The molecule has 0 atom stereocenters. The van der Waals surface area contributed by atoms with Gasteiger partial charge in [-0.2, -0.15) is 0 Å². The van der Waals surface area contributed by atoms with Crippen LogP contribution in [0.25, 0.3) is 0 Å². The van der Waals surface area contributed by atoms with Crippen LogP contribution in [-0.2, 0) is 11.3 Å². The van der Waals surface area contributed by atoms with Crippen molar-refractivity contribution in [2.45, 2.75) is 12.6 Å². The predicted octanol–water partition coefficient (Wildman–Crippen LogP) is 2.66. The molecule has 0 fully saturated rings. The number of hydrogen-bond acceptors (Lipinski definition) is 2. The summed E-state index contributed by atoms with van der Waals surface area (Å²) in [6.07, 6.45) is 0. The second-order valence-corrected chi connectivity index (χ2v) is 6.33. The Kier molecular flexibility index (Phi) is 6.61. The first-order chi connectivity index (χ1) is 13.3. The molecule has 4 nitrogen and oxygen atoms in total. The number of benzene rings is 3. The van der Waals surface area contributed by atoms with Gasteiger partial charge >= 0.3 is 0 Å². The second-order valence-electron chi connectivity index (χ2n) is 6.33. The predicted molar refractivity (Wildman–Crippen MR) is 106 cm³/mol. The molecule has 3 N–H and O–H groups in total. The third-order valence-electron chi connectivity index (χ3n) is 4.52. The Balaban J connectivity index is 1.62. The van der Waals surface area contributed by atoms with Gasteiger partial charge in [-0.05, 0) is 6.07 Å². The lowest BCUT2D eigenvalue weighted by molar-refractivity contribution is -0.676. The minimum absolute atomic E-state index is 0.00207. The summed E-state index contributed by atoms with van der Waals surface area (Å²) in [6, 6.07) is 28.3. The van der Waals surface area contributed by atoms with Crippen LogP contribution in [0.2, 0.25) is 0 Å². The van der Waals surface area contributed by atoms with Gasteiger partial charge in [-0.25, -0.2) is 0 Å². The zero-order valence-corrected chi connectivity index (χ0v) is 15.5. The van der Waals surface area contributed by atoms with E-state index in [9.17, 15) is 4.79 Å². The summed E-state index contributed by atoms with van der Waals surface area (Å²) in [5, 5.41) is 5.05. The van der Waals surface area contributed by atoms with Crippen molar-refractivity contribution in [1.82, 2.24) is 5.32 Å². The molecule has 1 amide bonds. The van der Waals surface area contributed by atoms with Gasteiger partial charge in [0.15, 0.2) is 6.54 Å². The van der Waals surface area contributed by atoms with Gasteiger partial charge in [-0.1, -0.05) is 78.9 Å². The number of rotatable bonds is 8. The number of hydrogen-bond donors (Lipinski definition) is 2. The van der Waals surface area contributed by atoms with E-state index < -0.39 is 0 Å². The van der Waals surface area contributed by atoms with Crippen molar-refractivity contribution in [2.75, 3.05) is 13.7 Å². The molecule has 4 heteroatoms. The van der Waals surface area contributed by atoms with Crippen LogP contribution < -0.4 is 15.4 Å². The van der Waals surface area contributed by atoms with Crippen molar-refractivity contribution in [3.05, 3.63) is 102 Å².